The van der Waals surface area contributed by atoms with E-state index in [-0.39, 0.29) is 6.54 Å². The third-order valence-electron chi connectivity index (χ3n) is 4.17. The Labute approximate surface area is 162 Å². The van der Waals surface area contributed by atoms with Gasteiger partial charge in [-0.3, -0.25) is 9.59 Å². The van der Waals surface area contributed by atoms with Crippen LogP contribution in [0.4, 0.5) is 0 Å². The van der Waals surface area contributed by atoms with Crippen molar-refractivity contribution in [2.75, 3.05) is 27.4 Å². The van der Waals surface area contributed by atoms with Gasteiger partial charge in [0, 0.05) is 17.5 Å². The number of hydrogen-bond donors (Lipinski definition) is 2. The topological polar surface area (TPSA) is 98.2 Å². The fourth-order valence-corrected chi connectivity index (χ4v) is 2.75. The first-order chi connectivity index (χ1) is 13.6. The minimum absolute atomic E-state index is 0.206. The van der Waals surface area contributed by atoms with Crippen molar-refractivity contribution in [1.82, 2.24) is 10.7 Å². The Morgan fingerprint density at radius 1 is 1.11 bits per heavy atom. The Bertz CT molecular complexity index is 910. The van der Waals surface area contributed by atoms with Gasteiger partial charge < -0.3 is 19.5 Å². The fraction of sp³-hybridized carbons (Fsp3) is 0.250. The molecule has 1 heterocycles. The van der Waals surface area contributed by atoms with Gasteiger partial charge in [-0.1, -0.05) is 12.1 Å². The number of methoxy groups -OCH3 is 2. The minimum atomic E-state index is -0.426. The molecule has 8 nitrogen and oxygen atoms in total. The van der Waals surface area contributed by atoms with Gasteiger partial charge in [-0.25, -0.2) is 5.43 Å². The van der Waals surface area contributed by atoms with Gasteiger partial charge in [0.15, 0.2) is 11.5 Å². The standard InChI is InChI=1S/C20H21N3O5/c1-26-17-8-7-13(11-18(17)27-2)20(25)21-12-19(24)23-22-15-9-10-28-16-6-4-3-5-14(15)16/h3-8,11H,9-10,12H2,1-2H3,(H,21,25)(H,23,24). The highest BCUT2D eigenvalue weighted by molar-refractivity contribution is 6.04. The molecule has 2 N–H and O–H groups in total. The van der Waals surface area contributed by atoms with Crippen LogP contribution >= 0.6 is 0 Å². The Morgan fingerprint density at radius 3 is 2.68 bits per heavy atom. The van der Waals surface area contributed by atoms with E-state index < -0.39 is 11.8 Å². The summed E-state index contributed by atoms with van der Waals surface area (Å²) < 4.78 is 15.9. The molecule has 0 atom stereocenters. The molecule has 3 rings (SSSR count). The average Bonchev–Trinajstić information content (AvgIpc) is 2.75. The SMILES string of the molecule is COc1ccc(C(=O)NCC(=O)NN=C2CCOc3ccccc32)cc1OC. The first-order valence-corrected chi connectivity index (χ1v) is 8.70. The number of rotatable bonds is 6. The summed E-state index contributed by atoms with van der Waals surface area (Å²) in [6, 6.07) is 12.3. The molecule has 0 fully saturated rings. The van der Waals surface area contributed by atoms with E-state index in [1.54, 1.807) is 18.2 Å². The molecule has 2 amide bonds. The number of para-hydroxylation sites is 1. The minimum Gasteiger partial charge on any atom is -0.493 e. The van der Waals surface area contributed by atoms with Gasteiger partial charge in [-0.2, -0.15) is 5.10 Å². The molecule has 0 saturated carbocycles. The predicted octanol–water partition coefficient (Wildman–Crippen LogP) is 1.74. The summed E-state index contributed by atoms with van der Waals surface area (Å²) in [6.07, 6.45) is 0.593. The fourth-order valence-electron chi connectivity index (χ4n) is 2.75. The first-order valence-electron chi connectivity index (χ1n) is 8.70. The van der Waals surface area contributed by atoms with Crippen LogP contribution in [0.2, 0.25) is 0 Å². The van der Waals surface area contributed by atoms with E-state index >= 15 is 0 Å². The smallest absolute Gasteiger partial charge is 0.259 e. The van der Waals surface area contributed by atoms with Gasteiger partial charge in [0.05, 0.1) is 33.1 Å². The molecular weight excluding hydrogens is 362 g/mol. The first kappa shape index (κ1) is 19.2. The van der Waals surface area contributed by atoms with E-state index in [1.807, 2.05) is 24.3 Å². The quantitative estimate of drug-likeness (QED) is 0.741. The number of carbonyl (C=O) groups is 2. The van der Waals surface area contributed by atoms with E-state index in [0.29, 0.717) is 30.1 Å². The predicted molar refractivity (Wildman–Crippen MR) is 103 cm³/mol. The Hall–Kier alpha value is -3.55. The highest BCUT2D eigenvalue weighted by Gasteiger charge is 2.17. The Morgan fingerprint density at radius 2 is 1.89 bits per heavy atom. The Kier molecular flexibility index (Phi) is 6.11. The molecule has 0 aromatic heterocycles. The van der Waals surface area contributed by atoms with Gasteiger partial charge in [0.25, 0.3) is 11.8 Å². The molecule has 2 aromatic carbocycles. The van der Waals surface area contributed by atoms with Gasteiger partial charge >= 0.3 is 0 Å². The second-order valence-electron chi connectivity index (χ2n) is 5.94. The molecule has 0 aliphatic carbocycles. The van der Waals surface area contributed by atoms with Crippen LogP contribution in [0.5, 0.6) is 17.2 Å². The summed E-state index contributed by atoms with van der Waals surface area (Å²) in [5.41, 5.74) is 4.42. The number of hydrogen-bond acceptors (Lipinski definition) is 6. The molecule has 0 bridgehead atoms. The molecule has 8 heteroatoms. The lowest BCUT2D eigenvalue weighted by atomic mass is 10.0. The third kappa shape index (κ3) is 4.40. The van der Waals surface area contributed by atoms with Crippen molar-refractivity contribution < 1.29 is 23.8 Å². The second kappa shape index (κ2) is 8.90. The van der Waals surface area contributed by atoms with Crippen LogP contribution in [0, 0.1) is 0 Å². The summed E-state index contributed by atoms with van der Waals surface area (Å²) in [5, 5.41) is 6.73. The highest BCUT2D eigenvalue weighted by Crippen LogP contribution is 2.27. The van der Waals surface area contributed by atoms with E-state index in [9.17, 15) is 9.59 Å². The Balaban J connectivity index is 1.57. The van der Waals surface area contributed by atoms with Gasteiger partial charge in [-0.15, -0.1) is 0 Å². The van der Waals surface area contributed by atoms with Crippen LogP contribution < -0.4 is 25.0 Å². The second-order valence-corrected chi connectivity index (χ2v) is 5.94. The van der Waals surface area contributed by atoms with Crippen LogP contribution in [0.3, 0.4) is 0 Å². The van der Waals surface area contributed by atoms with Crippen LogP contribution in [-0.2, 0) is 4.79 Å². The summed E-state index contributed by atoms with van der Waals surface area (Å²) in [7, 11) is 3.00. The summed E-state index contributed by atoms with van der Waals surface area (Å²) in [6.45, 7) is 0.295. The summed E-state index contributed by atoms with van der Waals surface area (Å²) in [4.78, 5) is 24.3. The third-order valence-corrected chi connectivity index (χ3v) is 4.17. The van der Waals surface area contributed by atoms with E-state index in [1.165, 1.54) is 14.2 Å². The van der Waals surface area contributed by atoms with Crippen LogP contribution in [0.1, 0.15) is 22.3 Å². The van der Waals surface area contributed by atoms with Crippen LogP contribution in [-0.4, -0.2) is 44.9 Å². The van der Waals surface area contributed by atoms with Crippen LogP contribution in [0.25, 0.3) is 0 Å². The molecular formula is C20H21N3O5. The molecule has 1 aliphatic rings. The van der Waals surface area contributed by atoms with Crippen molar-refractivity contribution in [1.29, 1.82) is 0 Å². The lowest BCUT2D eigenvalue weighted by Gasteiger charge is -2.18. The van der Waals surface area contributed by atoms with Crippen LogP contribution in [0.15, 0.2) is 47.6 Å². The molecule has 1 aliphatic heterocycles. The number of ether oxygens (including phenoxy) is 3. The lowest BCUT2D eigenvalue weighted by molar-refractivity contribution is -0.120. The van der Waals surface area contributed by atoms with Crippen molar-refractivity contribution in [2.24, 2.45) is 5.10 Å². The van der Waals surface area contributed by atoms with Crippen molar-refractivity contribution in [3.05, 3.63) is 53.6 Å². The lowest BCUT2D eigenvalue weighted by Crippen LogP contribution is -2.35. The van der Waals surface area contributed by atoms with Gasteiger partial charge in [0.1, 0.15) is 5.75 Å². The largest absolute Gasteiger partial charge is 0.493 e. The maximum Gasteiger partial charge on any atom is 0.259 e. The van der Waals surface area contributed by atoms with Crippen molar-refractivity contribution >= 4 is 17.5 Å². The number of nitrogens with one attached hydrogen (secondary N) is 2. The van der Waals surface area contributed by atoms with E-state index in [2.05, 4.69) is 15.8 Å². The number of benzene rings is 2. The molecule has 28 heavy (non-hydrogen) atoms. The van der Waals surface area contributed by atoms with Crippen molar-refractivity contribution in [2.45, 2.75) is 6.42 Å². The number of amides is 2. The molecule has 146 valence electrons. The monoisotopic (exact) mass is 383 g/mol. The zero-order valence-corrected chi connectivity index (χ0v) is 15.7. The molecule has 0 radical (unpaired) electrons. The molecule has 0 spiro atoms. The summed E-state index contributed by atoms with van der Waals surface area (Å²) >= 11 is 0. The van der Waals surface area contributed by atoms with E-state index in [0.717, 1.165) is 17.0 Å². The number of nitrogens with zero attached hydrogens (tertiary/aromatic N) is 1. The van der Waals surface area contributed by atoms with Gasteiger partial charge in [-0.05, 0) is 30.3 Å². The normalized spacial score (nSPS) is 13.9. The van der Waals surface area contributed by atoms with Crippen molar-refractivity contribution in [3.8, 4) is 17.2 Å². The average molecular weight is 383 g/mol. The van der Waals surface area contributed by atoms with Crippen molar-refractivity contribution in [3.63, 3.8) is 0 Å². The van der Waals surface area contributed by atoms with Gasteiger partial charge in [0.2, 0.25) is 0 Å². The maximum absolute atomic E-state index is 12.2. The summed E-state index contributed by atoms with van der Waals surface area (Å²) in [5.74, 6) is 0.863. The number of carbonyl (C=O) groups excluding carboxylic acids is 2. The molecule has 0 unspecified atom stereocenters. The number of fused-ring (bicyclic) bond motifs is 1. The maximum atomic E-state index is 12.2. The molecule has 0 saturated heterocycles. The number of hydrazone groups is 1. The molecule has 2 aromatic rings. The zero-order valence-electron chi connectivity index (χ0n) is 15.7. The zero-order chi connectivity index (χ0) is 19.9. The van der Waals surface area contributed by atoms with E-state index in [4.69, 9.17) is 14.2 Å². The highest BCUT2D eigenvalue weighted by atomic mass is 16.5.